The SMILES string of the molecule is CNC(C)CCCCC(C)C. The maximum absolute atomic E-state index is 3.25. The predicted octanol–water partition coefficient (Wildman–Crippen LogP) is 2.81. The molecule has 0 aliphatic rings. The molecule has 1 N–H and O–H groups in total. The van der Waals surface area contributed by atoms with Crippen molar-refractivity contribution in [1.82, 2.24) is 5.32 Å². The average Bonchev–Trinajstić information content (AvgIpc) is 1.97. The van der Waals surface area contributed by atoms with Crippen molar-refractivity contribution in [2.24, 2.45) is 5.92 Å². The van der Waals surface area contributed by atoms with E-state index in [1.54, 1.807) is 0 Å². The Kier molecular flexibility index (Phi) is 6.63. The Morgan fingerprint density at radius 2 is 1.55 bits per heavy atom. The molecule has 0 heterocycles. The molecule has 0 aliphatic carbocycles. The van der Waals surface area contributed by atoms with Crippen LogP contribution >= 0.6 is 0 Å². The highest BCUT2D eigenvalue weighted by atomic mass is 14.8. The van der Waals surface area contributed by atoms with Crippen LogP contribution in [0, 0.1) is 5.92 Å². The van der Waals surface area contributed by atoms with Crippen LogP contribution in [-0.4, -0.2) is 13.1 Å². The van der Waals surface area contributed by atoms with E-state index in [1.165, 1.54) is 25.7 Å². The Morgan fingerprint density at radius 3 is 2.00 bits per heavy atom. The van der Waals surface area contributed by atoms with Gasteiger partial charge >= 0.3 is 0 Å². The van der Waals surface area contributed by atoms with Crippen LogP contribution in [0.25, 0.3) is 0 Å². The molecule has 0 aromatic rings. The van der Waals surface area contributed by atoms with Gasteiger partial charge in [-0.25, -0.2) is 0 Å². The lowest BCUT2D eigenvalue weighted by atomic mass is 10.0. The van der Waals surface area contributed by atoms with Crippen LogP contribution in [0.5, 0.6) is 0 Å². The standard InChI is InChI=1S/C10H23N/c1-9(2)7-5-6-8-10(3)11-4/h9-11H,5-8H2,1-4H3. The van der Waals surface area contributed by atoms with Gasteiger partial charge in [-0.1, -0.05) is 33.1 Å². The summed E-state index contributed by atoms with van der Waals surface area (Å²) in [6.07, 6.45) is 5.48. The normalized spacial score (nSPS) is 13.9. The van der Waals surface area contributed by atoms with E-state index in [1.807, 2.05) is 7.05 Å². The topological polar surface area (TPSA) is 12.0 Å². The van der Waals surface area contributed by atoms with Crippen LogP contribution in [0.1, 0.15) is 46.5 Å². The number of rotatable bonds is 6. The van der Waals surface area contributed by atoms with E-state index in [2.05, 4.69) is 26.1 Å². The molecule has 0 radical (unpaired) electrons. The summed E-state index contributed by atoms with van der Waals surface area (Å²) >= 11 is 0. The third kappa shape index (κ3) is 7.86. The van der Waals surface area contributed by atoms with Crippen LogP contribution in [-0.2, 0) is 0 Å². The maximum Gasteiger partial charge on any atom is 0.00357 e. The van der Waals surface area contributed by atoms with Gasteiger partial charge in [0.15, 0.2) is 0 Å². The van der Waals surface area contributed by atoms with Gasteiger partial charge in [0, 0.05) is 6.04 Å². The number of unbranched alkanes of at least 4 members (excludes halogenated alkanes) is 1. The molecule has 0 rings (SSSR count). The lowest BCUT2D eigenvalue weighted by Gasteiger charge is -2.09. The molecule has 1 nitrogen and oxygen atoms in total. The summed E-state index contributed by atoms with van der Waals surface area (Å²) in [7, 11) is 2.03. The predicted molar refractivity (Wildman–Crippen MR) is 51.8 cm³/mol. The molecule has 11 heavy (non-hydrogen) atoms. The zero-order chi connectivity index (χ0) is 8.69. The van der Waals surface area contributed by atoms with E-state index in [9.17, 15) is 0 Å². The van der Waals surface area contributed by atoms with Gasteiger partial charge in [0.1, 0.15) is 0 Å². The van der Waals surface area contributed by atoms with Crippen LogP contribution < -0.4 is 5.32 Å². The van der Waals surface area contributed by atoms with Gasteiger partial charge < -0.3 is 5.32 Å². The average molecular weight is 157 g/mol. The Morgan fingerprint density at radius 1 is 1.00 bits per heavy atom. The smallest absolute Gasteiger partial charge is 0.00357 e. The Balaban J connectivity index is 3.01. The molecular weight excluding hydrogens is 134 g/mol. The summed E-state index contributed by atoms with van der Waals surface area (Å²) in [6.45, 7) is 6.83. The Bertz CT molecular complexity index is 78.9. The van der Waals surface area contributed by atoms with Gasteiger partial charge in [-0.2, -0.15) is 0 Å². The second-order valence-corrected chi connectivity index (χ2v) is 3.87. The molecule has 0 saturated carbocycles. The van der Waals surface area contributed by atoms with Gasteiger partial charge in [-0.15, -0.1) is 0 Å². The molecule has 1 heteroatoms. The third-order valence-corrected chi connectivity index (χ3v) is 2.16. The largest absolute Gasteiger partial charge is 0.317 e. The minimum Gasteiger partial charge on any atom is -0.317 e. The highest BCUT2D eigenvalue weighted by Gasteiger charge is 1.98. The van der Waals surface area contributed by atoms with Gasteiger partial charge in [-0.3, -0.25) is 0 Å². The van der Waals surface area contributed by atoms with Crippen molar-refractivity contribution in [1.29, 1.82) is 0 Å². The van der Waals surface area contributed by atoms with Crippen LogP contribution in [0.15, 0.2) is 0 Å². The van der Waals surface area contributed by atoms with Crippen LogP contribution in [0.4, 0.5) is 0 Å². The number of hydrogen-bond donors (Lipinski definition) is 1. The molecule has 0 saturated heterocycles. The monoisotopic (exact) mass is 157 g/mol. The van der Waals surface area contributed by atoms with Gasteiger partial charge in [0.25, 0.3) is 0 Å². The fraction of sp³-hybridized carbons (Fsp3) is 1.00. The number of nitrogens with one attached hydrogen (secondary N) is 1. The fourth-order valence-electron chi connectivity index (χ4n) is 1.15. The molecule has 0 spiro atoms. The molecule has 0 aromatic heterocycles. The molecule has 0 aromatic carbocycles. The number of hydrogen-bond acceptors (Lipinski definition) is 1. The third-order valence-electron chi connectivity index (χ3n) is 2.16. The van der Waals surface area contributed by atoms with E-state index in [0.717, 1.165) is 5.92 Å². The summed E-state index contributed by atoms with van der Waals surface area (Å²) in [4.78, 5) is 0. The highest BCUT2D eigenvalue weighted by molar-refractivity contribution is 4.57. The first-order valence-corrected chi connectivity index (χ1v) is 4.84. The maximum atomic E-state index is 3.25. The minimum absolute atomic E-state index is 0.696. The molecule has 1 unspecified atom stereocenters. The second-order valence-electron chi connectivity index (χ2n) is 3.87. The first-order chi connectivity index (χ1) is 5.16. The summed E-state index contributed by atoms with van der Waals surface area (Å²) < 4.78 is 0. The summed E-state index contributed by atoms with van der Waals surface area (Å²) in [5, 5.41) is 3.25. The quantitative estimate of drug-likeness (QED) is 0.585. The van der Waals surface area contributed by atoms with Gasteiger partial charge in [-0.05, 0) is 26.3 Å². The molecule has 68 valence electrons. The van der Waals surface area contributed by atoms with Gasteiger partial charge in [0.2, 0.25) is 0 Å². The Hall–Kier alpha value is -0.0400. The molecule has 1 atom stereocenters. The lowest BCUT2D eigenvalue weighted by molar-refractivity contribution is 0.482. The lowest BCUT2D eigenvalue weighted by Crippen LogP contribution is -2.20. The highest BCUT2D eigenvalue weighted by Crippen LogP contribution is 2.09. The fourth-order valence-corrected chi connectivity index (χ4v) is 1.15. The summed E-state index contributed by atoms with van der Waals surface area (Å²) in [5.41, 5.74) is 0. The first-order valence-electron chi connectivity index (χ1n) is 4.84. The van der Waals surface area contributed by atoms with Crippen molar-refractivity contribution in [3.05, 3.63) is 0 Å². The zero-order valence-electron chi connectivity index (χ0n) is 8.48. The zero-order valence-corrected chi connectivity index (χ0v) is 8.48. The Labute approximate surface area is 71.6 Å². The van der Waals surface area contributed by atoms with Crippen molar-refractivity contribution in [3.8, 4) is 0 Å². The van der Waals surface area contributed by atoms with E-state index >= 15 is 0 Å². The van der Waals surface area contributed by atoms with Crippen molar-refractivity contribution < 1.29 is 0 Å². The molecule has 0 fully saturated rings. The van der Waals surface area contributed by atoms with Crippen molar-refractivity contribution in [3.63, 3.8) is 0 Å². The van der Waals surface area contributed by atoms with Crippen LogP contribution in [0.3, 0.4) is 0 Å². The van der Waals surface area contributed by atoms with E-state index in [0.29, 0.717) is 6.04 Å². The first kappa shape index (κ1) is 11.0. The van der Waals surface area contributed by atoms with Crippen molar-refractivity contribution in [2.75, 3.05) is 7.05 Å². The van der Waals surface area contributed by atoms with Crippen molar-refractivity contribution in [2.45, 2.75) is 52.5 Å². The van der Waals surface area contributed by atoms with Crippen LogP contribution in [0.2, 0.25) is 0 Å². The van der Waals surface area contributed by atoms with Gasteiger partial charge in [0.05, 0.1) is 0 Å². The molecular formula is C10H23N. The molecule has 0 bridgehead atoms. The summed E-state index contributed by atoms with van der Waals surface area (Å²) in [6, 6.07) is 0.696. The van der Waals surface area contributed by atoms with E-state index in [4.69, 9.17) is 0 Å². The van der Waals surface area contributed by atoms with E-state index < -0.39 is 0 Å². The minimum atomic E-state index is 0.696. The summed E-state index contributed by atoms with van der Waals surface area (Å²) in [5.74, 6) is 0.875. The van der Waals surface area contributed by atoms with E-state index in [-0.39, 0.29) is 0 Å². The molecule has 0 aliphatic heterocycles. The molecule has 0 amide bonds. The van der Waals surface area contributed by atoms with Crippen molar-refractivity contribution >= 4 is 0 Å². The second kappa shape index (κ2) is 6.66.